The van der Waals surface area contributed by atoms with Gasteiger partial charge in [0, 0.05) is 31.7 Å². The number of benzene rings is 4. The van der Waals surface area contributed by atoms with Gasteiger partial charge in [-0.15, -0.1) is 0 Å². The molecular formula is C24H14BrClN2O2. The fraction of sp³-hybridized carbons (Fsp3) is 0. The molecule has 0 bridgehead atoms. The maximum absolute atomic E-state index is 12.9. The van der Waals surface area contributed by atoms with Crippen LogP contribution in [0.15, 0.2) is 87.8 Å². The van der Waals surface area contributed by atoms with Crippen molar-refractivity contribution in [3.63, 3.8) is 0 Å². The molecule has 0 saturated heterocycles. The second-order valence-electron chi connectivity index (χ2n) is 6.81. The predicted molar refractivity (Wildman–Crippen MR) is 124 cm³/mol. The zero-order valence-corrected chi connectivity index (χ0v) is 17.9. The van der Waals surface area contributed by atoms with E-state index in [-0.39, 0.29) is 5.91 Å². The van der Waals surface area contributed by atoms with Crippen molar-refractivity contribution in [3.8, 4) is 11.5 Å². The molecule has 1 aromatic heterocycles. The van der Waals surface area contributed by atoms with Crippen molar-refractivity contribution >= 4 is 61.0 Å². The minimum Gasteiger partial charge on any atom is -0.436 e. The molecule has 30 heavy (non-hydrogen) atoms. The van der Waals surface area contributed by atoms with Crippen molar-refractivity contribution < 1.29 is 9.21 Å². The first-order valence-corrected chi connectivity index (χ1v) is 10.4. The first kappa shape index (κ1) is 18.9. The highest BCUT2D eigenvalue weighted by Gasteiger charge is 2.13. The summed E-state index contributed by atoms with van der Waals surface area (Å²) in [6.07, 6.45) is 0. The number of oxazole rings is 1. The van der Waals surface area contributed by atoms with Gasteiger partial charge < -0.3 is 9.73 Å². The number of rotatable bonds is 3. The summed E-state index contributed by atoms with van der Waals surface area (Å²) in [7, 11) is 0. The van der Waals surface area contributed by atoms with Gasteiger partial charge in [-0.1, -0.05) is 57.9 Å². The lowest BCUT2D eigenvalue weighted by atomic mass is 10.0. The minimum atomic E-state index is -0.210. The molecule has 0 atom stereocenters. The average Bonchev–Trinajstić information content (AvgIpc) is 3.17. The molecule has 0 aliphatic carbocycles. The molecule has 0 spiro atoms. The largest absolute Gasteiger partial charge is 0.436 e. The van der Waals surface area contributed by atoms with E-state index in [2.05, 4.69) is 26.2 Å². The second-order valence-corrected chi connectivity index (χ2v) is 8.13. The topological polar surface area (TPSA) is 55.1 Å². The van der Waals surface area contributed by atoms with Crippen LogP contribution < -0.4 is 5.32 Å². The van der Waals surface area contributed by atoms with E-state index in [4.69, 9.17) is 16.0 Å². The van der Waals surface area contributed by atoms with E-state index in [0.29, 0.717) is 33.3 Å². The van der Waals surface area contributed by atoms with E-state index in [1.807, 2.05) is 54.6 Å². The highest BCUT2D eigenvalue weighted by molar-refractivity contribution is 9.10. The SMILES string of the molecule is O=C(Nc1ccc2oc(-c3cccc(Br)c3)nc2c1)c1cccc2c(Cl)cccc12. The molecular weight excluding hydrogens is 464 g/mol. The van der Waals surface area contributed by atoms with Crippen molar-refractivity contribution in [1.82, 2.24) is 4.98 Å². The number of carbonyl (C=O) groups is 1. The molecule has 1 heterocycles. The van der Waals surface area contributed by atoms with E-state index >= 15 is 0 Å². The third-order valence-electron chi connectivity index (χ3n) is 4.83. The lowest BCUT2D eigenvalue weighted by molar-refractivity contribution is 0.102. The van der Waals surface area contributed by atoms with Crippen molar-refractivity contribution in [2.45, 2.75) is 0 Å². The molecule has 146 valence electrons. The van der Waals surface area contributed by atoms with E-state index in [1.165, 1.54) is 0 Å². The molecule has 5 aromatic rings. The molecule has 1 N–H and O–H groups in total. The highest BCUT2D eigenvalue weighted by atomic mass is 79.9. The van der Waals surface area contributed by atoms with E-state index < -0.39 is 0 Å². The fourth-order valence-corrected chi connectivity index (χ4v) is 4.05. The zero-order chi connectivity index (χ0) is 20.7. The quantitative estimate of drug-likeness (QED) is 0.296. The van der Waals surface area contributed by atoms with Gasteiger partial charge in [-0.3, -0.25) is 4.79 Å². The molecule has 0 aliphatic rings. The standard InChI is InChI=1S/C24H14BrClN2O2/c25-15-5-1-4-14(12-15)24-28-21-13-16(10-11-22(21)30-24)27-23(29)19-8-2-7-18-17(19)6-3-9-20(18)26/h1-13H,(H,27,29). The normalized spacial score (nSPS) is 11.1. The van der Waals surface area contributed by atoms with Crippen LogP contribution >= 0.6 is 27.5 Å². The average molecular weight is 478 g/mol. The summed E-state index contributed by atoms with van der Waals surface area (Å²) in [6.45, 7) is 0. The molecule has 1 amide bonds. The Bertz CT molecular complexity index is 1430. The Morgan fingerprint density at radius 1 is 0.933 bits per heavy atom. The number of amides is 1. The van der Waals surface area contributed by atoms with Gasteiger partial charge in [0.05, 0.1) is 0 Å². The number of hydrogen-bond acceptors (Lipinski definition) is 3. The molecule has 0 unspecified atom stereocenters. The number of fused-ring (bicyclic) bond motifs is 2. The predicted octanol–water partition coefficient (Wildman–Crippen LogP) is 7.32. The van der Waals surface area contributed by atoms with Crippen molar-refractivity contribution in [2.24, 2.45) is 0 Å². The highest BCUT2D eigenvalue weighted by Crippen LogP contribution is 2.29. The monoisotopic (exact) mass is 476 g/mol. The van der Waals surface area contributed by atoms with Gasteiger partial charge in [0.25, 0.3) is 5.91 Å². The van der Waals surface area contributed by atoms with Gasteiger partial charge in [0.1, 0.15) is 5.52 Å². The third kappa shape index (κ3) is 3.47. The summed E-state index contributed by atoms with van der Waals surface area (Å²) in [5.41, 5.74) is 3.40. The van der Waals surface area contributed by atoms with Crippen molar-refractivity contribution in [3.05, 3.63) is 93.9 Å². The van der Waals surface area contributed by atoms with Gasteiger partial charge in [-0.05, 0) is 53.9 Å². The van der Waals surface area contributed by atoms with Crippen LogP contribution in [0.4, 0.5) is 5.69 Å². The van der Waals surface area contributed by atoms with Crippen LogP contribution in [0.3, 0.4) is 0 Å². The molecule has 4 nitrogen and oxygen atoms in total. The van der Waals surface area contributed by atoms with Crippen LogP contribution in [0.5, 0.6) is 0 Å². The van der Waals surface area contributed by atoms with Gasteiger partial charge >= 0.3 is 0 Å². The van der Waals surface area contributed by atoms with Gasteiger partial charge in [0.15, 0.2) is 5.58 Å². The van der Waals surface area contributed by atoms with Gasteiger partial charge in [-0.25, -0.2) is 4.98 Å². The van der Waals surface area contributed by atoms with Crippen LogP contribution in [0.2, 0.25) is 5.02 Å². The van der Waals surface area contributed by atoms with E-state index in [1.54, 1.807) is 24.3 Å². The summed E-state index contributed by atoms with van der Waals surface area (Å²) in [4.78, 5) is 17.5. The van der Waals surface area contributed by atoms with E-state index in [9.17, 15) is 4.79 Å². The molecule has 0 aliphatic heterocycles. The first-order chi connectivity index (χ1) is 14.6. The van der Waals surface area contributed by atoms with Crippen molar-refractivity contribution in [2.75, 3.05) is 5.32 Å². The van der Waals surface area contributed by atoms with Crippen LogP contribution in [0, 0.1) is 0 Å². The second kappa shape index (κ2) is 7.59. The molecule has 0 fully saturated rings. The maximum atomic E-state index is 12.9. The fourth-order valence-electron chi connectivity index (χ4n) is 3.42. The Kier molecular flexibility index (Phi) is 4.77. The van der Waals surface area contributed by atoms with Crippen molar-refractivity contribution in [1.29, 1.82) is 0 Å². The number of nitrogens with zero attached hydrogens (tertiary/aromatic N) is 1. The van der Waals surface area contributed by atoms with Gasteiger partial charge in [-0.2, -0.15) is 0 Å². The molecule has 5 rings (SSSR count). The molecule has 0 radical (unpaired) electrons. The number of hydrogen-bond donors (Lipinski definition) is 1. The molecule has 0 saturated carbocycles. The summed E-state index contributed by atoms with van der Waals surface area (Å²) in [5, 5.41) is 5.22. The van der Waals surface area contributed by atoms with Crippen LogP contribution in [0.1, 0.15) is 10.4 Å². The van der Waals surface area contributed by atoms with Crippen LogP contribution in [-0.4, -0.2) is 10.9 Å². The number of aromatic nitrogens is 1. The minimum absolute atomic E-state index is 0.210. The Labute approximate surface area is 185 Å². The van der Waals surface area contributed by atoms with E-state index in [0.717, 1.165) is 20.8 Å². The van der Waals surface area contributed by atoms with Crippen LogP contribution in [-0.2, 0) is 0 Å². The molecule has 4 aromatic carbocycles. The Balaban J connectivity index is 1.47. The number of halogens is 2. The first-order valence-electron chi connectivity index (χ1n) is 9.23. The van der Waals surface area contributed by atoms with Crippen LogP contribution in [0.25, 0.3) is 33.3 Å². The summed E-state index contributed by atoms with van der Waals surface area (Å²) >= 11 is 9.73. The Morgan fingerprint density at radius 2 is 1.73 bits per heavy atom. The smallest absolute Gasteiger partial charge is 0.256 e. The maximum Gasteiger partial charge on any atom is 0.256 e. The Hall–Kier alpha value is -3.15. The zero-order valence-electron chi connectivity index (χ0n) is 15.5. The number of nitrogens with one attached hydrogen (secondary N) is 1. The van der Waals surface area contributed by atoms with Gasteiger partial charge in [0.2, 0.25) is 5.89 Å². The lowest BCUT2D eigenvalue weighted by Gasteiger charge is -2.09. The lowest BCUT2D eigenvalue weighted by Crippen LogP contribution is -2.12. The third-order valence-corrected chi connectivity index (χ3v) is 5.65. The Morgan fingerprint density at radius 3 is 2.60 bits per heavy atom. The molecule has 6 heteroatoms. The summed E-state index contributed by atoms with van der Waals surface area (Å²) < 4.78 is 6.81. The summed E-state index contributed by atoms with van der Waals surface area (Å²) in [6, 6.07) is 24.2. The number of anilines is 1. The summed E-state index contributed by atoms with van der Waals surface area (Å²) in [5.74, 6) is 0.316. The number of carbonyl (C=O) groups excluding carboxylic acids is 1.